The zero-order valence-corrected chi connectivity index (χ0v) is 11.1. The van der Waals surface area contributed by atoms with E-state index in [1.165, 1.54) is 4.90 Å². The summed E-state index contributed by atoms with van der Waals surface area (Å²) in [6, 6.07) is -0.591. The number of fused-ring (bicyclic) bond motifs is 2. The fourth-order valence-electron chi connectivity index (χ4n) is 2.87. The normalized spacial score (nSPS) is 34.8. The Morgan fingerprint density at radius 1 is 1.37 bits per heavy atom. The number of carbonyl (C=O) groups is 1. The summed E-state index contributed by atoms with van der Waals surface area (Å²) in [5.74, 6) is -0.954. The van der Waals surface area contributed by atoms with E-state index in [1.54, 1.807) is 20.8 Å². The van der Waals surface area contributed by atoms with E-state index in [2.05, 4.69) is 0 Å². The maximum Gasteiger partial charge on any atom is 0.417 e. The van der Waals surface area contributed by atoms with Crippen molar-refractivity contribution in [3.63, 3.8) is 0 Å². The highest BCUT2D eigenvalue weighted by Crippen LogP contribution is 2.52. The van der Waals surface area contributed by atoms with Crippen LogP contribution in [0.3, 0.4) is 0 Å². The SMILES string of the molecule is CC(C)(C)OC(=O)N1C[C@H]2C[C@@H]1C[C@]2(O)C(F)(F)F. The van der Waals surface area contributed by atoms with Crippen LogP contribution in [0, 0.1) is 5.92 Å². The second kappa shape index (κ2) is 4.01. The fourth-order valence-corrected chi connectivity index (χ4v) is 2.87. The van der Waals surface area contributed by atoms with Crippen LogP contribution in [0.2, 0.25) is 0 Å². The quantitative estimate of drug-likeness (QED) is 0.741. The molecule has 1 heterocycles. The minimum atomic E-state index is -4.65. The van der Waals surface area contributed by atoms with Gasteiger partial charge < -0.3 is 14.7 Å². The molecule has 2 bridgehead atoms. The number of halogens is 3. The van der Waals surface area contributed by atoms with Gasteiger partial charge in [0, 0.05) is 24.9 Å². The Bertz CT molecular complexity index is 391. The summed E-state index contributed by atoms with van der Waals surface area (Å²) >= 11 is 0. The van der Waals surface area contributed by atoms with Crippen LogP contribution in [-0.4, -0.2) is 46.1 Å². The van der Waals surface area contributed by atoms with Crippen molar-refractivity contribution >= 4 is 6.09 Å². The third-order valence-electron chi connectivity index (χ3n) is 3.76. The first-order valence-corrected chi connectivity index (χ1v) is 6.23. The highest BCUT2D eigenvalue weighted by molar-refractivity contribution is 5.69. The molecule has 2 rings (SSSR count). The minimum absolute atomic E-state index is 0.102. The van der Waals surface area contributed by atoms with E-state index in [1.807, 2.05) is 0 Å². The van der Waals surface area contributed by atoms with E-state index in [0.29, 0.717) is 0 Å². The van der Waals surface area contributed by atoms with E-state index in [4.69, 9.17) is 4.74 Å². The molecular formula is C12H18F3NO3. The van der Waals surface area contributed by atoms with Gasteiger partial charge in [-0.05, 0) is 27.2 Å². The van der Waals surface area contributed by atoms with Crippen LogP contribution in [0.25, 0.3) is 0 Å². The van der Waals surface area contributed by atoms with Crippen molar-refractivity contribution in [2.75, 3.05) is 6.54 Å². The Morgan fingerprint density at radius 3 is 2.32 bits per heavy atom. The Balaban J connectivity index is 2.06. The zero-order valence-electron chi connectivity index (χ0n) is 11.1. The zero-order chi connectivity index (χ0) is 14.6. The lowest BCUT2D eigenvalue weighted by Gasteiger charge is -2.39. The molecule has 1 amide bonds. The maximum absolute atomic E-state index is 12.8. The third kappa shape index (κ3) is 2.40. The lowest BCUT2D eigenvalue weighted by atomic mass is 9.88. The van der Waals surface area contributed by atoms with Gasteiger partial charge in [0.1, 0.15) is 5.60 Å². The van der Waals surface area contributed by atoms with Gasteiger partial charge in [-0.3, -0.25) is 0 Å². The Labute approximate surface area is 109 Å². The van der Waals surface area contributed by atoms with Crippen LogP contribution in [0.15, 0.2) is 0 Å². The van der Waals surface area contributed by atoms with Crippen LogP contribution in [-0.2, 0) is 4.74 Å². The van der Waals surface area contributed by atoms with Gasteiger partial charge in [-0.1, -0.05) is 0 Å². The first-order valence-electron chi connectivity index (χ1n) is 6.23. The predicted octanol–water partition coefficient (Wildman–Crippen LogP) is 2.31. The Hall–Kier alpha value is -0.980. The number of aliphatic hydroxyl groups is 1. The highest BCUT2D eigenvalue weighted by atomic mass is 19.4. The fraction of sp³-hybridized carbons (Fsp3) is 0.917. The summed E-state index contributed by atoms with van der Waals surface area (Å²) in [6.45, 7) is 5.00. The van der Waals surface area contributed by atoms with Gasteiger partial charge in [0.2, 0.25) is 0 Å². The third-order valence-corrected chi connectivity index (χ3v) is 3.76. The second-order valence-corrected chi connectivity index (χ2v) is 6.35. The number of hydrogen-bond donors (Lipinski definition) is 1. The van der Waals surface area contributed by atoms with Crippen molar-refractivity contribution in [1.82, 2.24) is 4.90 Å². The molecule has 0 radical (unpaired) electrons. The second-order valence-electron chi connectivity index (χ2n) is 6.35. The van der Waals surface area contributed by atoms with Crippen LogP contribution in [0.4, 0.5) is 18.0 Å². The number of piperidine rings is 1. The molecule has 0 unspecified atom stereocenters. The average molecular weight is 281 g/mol. The van der Waals surface area contributed by atoms with E-state index < -0.39 is 41.9 Å². The molecule has 110 valence electrons. The Kier molecular flexibility index (Phi) is 3.04. The van der Waals surface area contributed by atoms with Gasteiger partial charge in [0.05, 0.1) is 0 Å². The van der Waals surface area contributed by atoms with E-state index in [-0.39, 0.29) is 13.0 Å². The summed E-state index contributed by atoms with van der Waals surface area (Å²) in [7, 11) is 0. The smallest absolute Gasteiger partial charge is 0.417 e. The molecular weight excluding hydrogens is 263 g/mol. The largest absolute Gasteiger partial charge is 0.444 e. The summed E-state index contributed by atoms with van der Waals surface area (Å²) in [5, 5.41) is 9.75. The number of ether oxygens (including phenoxy) is 1. The number of hydrogen-bond acceptors (Lipinski definition) is 3. The van der Waals surface area contributed by atoms with Crippen molar-refractivity contribution in [3.8, 4) is 0 Å². The highest BCUT2D eigenvalue weighted by Gasteiger charge is 2.67. The summed E-state index contributed by atoms with van der Waals surface area (Å²) in [5.41, 5.74) is -3.34. The molecule has 3 atom stereocenters. The number of amides is 1. The van der Waals surface area contributed by atoms with Crippen molar-refractivity contribution in [3.05, 3.63) is 0 Å². The van der Waals surface area contributed by atoms with Gasteiger partial charge in [-0.15, -0.1) is 0 Å². The van der Waals surface area contributed by atoms with Gasteiger partial charge >= 0.3 is 12.3 Å². The molecule has 1 N–H and O–H groups in total. The monoisotopic (exact) mass is 281 g/mol. The van der Waals surface area contributed by atoms with E-state index in [0.717, 1.165) is 0 Å². The van der Waals surface area contributed by atoms with Gasteiger partial charge in [-0.2, -0.15) is 13.2 Å². The molecule has 1 aliphatic carbocycles. The standard InChI is InChI=1S/C12H18F3NO3/c1-10(2,3)19-9(17)16-6-7-4-8(16)5-11(7,18)12(13,14)15/h7-8,18H,4-6H2,1-3H3/t7-,8-,11-/m1/s1. The number of rotatable bonds is 0. The van der Waals surface area contributed by atoms with Crippen molar-refractivity contribution in [1.29, 1.82) is 0 Å². The molecule has 0 spiro atoms. The first kappa shape index (κ1) is 14.4. The first-order chi connectivity index (χ1) is 8.44. The van der Waals surface area contributed by atoms with Crippen molar-refractivity contribution in [2.45, 2.75) is 57.0 Å². The molecule has 7 heteroatoms. The van der Waals surface area contributed by atoms with Crippen LogP contribution < -0.4 is 0 Å². The van der Waals surface area contributed by atoms with Gasteiger partial charge in [0.25, 0.3) is 0 Å². The molecule has 1 aliphatic heterocycles. The molecule has 19 heavy (non-hydrogen) atoms. The molecule has 4 nitrogen and oxygen atoms in total. The van der Waals surface area contributed by atoms with Gasteiger partial charge in [0.15, 0.2) is 5.60 Å². The lowest BCUT2D eigenvalue weighted by molar-refractivity contribution is -0.278. The van der Waals surface area contributed by atoms with E-state index >= 15 is 0 Å². The average Bonchev–Trinajstić information content (AvgIpc) is 2.70. The molecule has 0 aromatic heterocycles. The van der Waals surface area contributed by atoms with Crippen molar-refractivity contribution in [2.24, 2.45) is 5.92 Å². The Morgan fingerprint density at radius 2 is 1.95 bits per heavy atom. The summed E-state index contributed by atoms with van der Waals surface area (Å²) in [6.07, 6.45) is -5.54. The molecule has 0 aromatic carbocycles. The minimum Gasteiger partial charge on any atom is -0.444 e. The molecule has 2 fully saturated rings. The molecule has 2 aliphatic rings. The topological polar surface area (TPSA) is 49.8 Å². The molecule has 1 saturated heterocycles. The number of nitrogens with zero attached hydrogens (tertiary/aromatic N) is 1. The molecule has 0 aromatic rings. The predicted molar refractivity (Wildman–Crippen MR) is 60.5 cm³/mol. The van der Waals surface area contributed by atoms with Crippen LogP contribution >= 0.6 is 0 Å². The van der Waals surface area contributed by atoms with Gasteiger partial charge in [-0.25, -0.2) is 4.79 Å². The number of alkyl halides is 3. The summed E-state index contributed by atoms with van der Waals surface area (Å²) < 4.78 is 43.6. The number of likely N-dealkylation sites (tertiary alicyclic amines) is 1. The lowest BCUT2D eigenvalue weighted by Crippen LogP contribution is -2.56. The number of carbonyl (C=O) groups excluding carboxylic acids is 1. The maximum atomic E-state index is 12.8. The molecule has 1 saturated carbocycles. The van der Waals surface area contributed by atoms with Crippen molar-refractivity contribution < 1.29 is 27.8 Å². The van der Waals surface area contributed by atoms with Crippen LogP contribution in [0.1, 0.15) is 33.6 Å². The van der Waals surface area contributed by atoms with E-state index in [9.17, 15) is 23.1 Å². The summed E-state index contributed by atoms with van der Waals surface area (Å²) in [4.78, 5) is 13.2. The van der Waals surface area contributed by atoms with Crippen LogP contribution in [0.5, 0.6) is 0 Å².